The molecule has 0 saturated heterocycles. The monoisotopic (exact) mass is 191 g/mol. The molecule has 3 heterocycles. The Morgan fingerprint density at radius 1 is 1.57 bits per heavy atom. The number of nitrogens with zero attached hydrogens (tertiary/aromatic N) is 2. The molecule has 0 saturated carbocycles. The van der Waals surface area contributed by atoms with Crippen molar-refractivity contribution in [2.24, 2.45) is 0 Å². The van der Waals surface area contributed by atoms with Crippen molar-refractivity contribution in [2.75, 3.05) is 6.61 Å². The summed E-state index contributed by atoms with van der Waals surface area (Å²) < 4.78 is 6.93. The molecule has 14 heavy (non-hydrogen) atoms. The van der Waals surface area contributed by atoms with Gasteiger partial charge in [-0.25, -0.2) is 4.52 Å². The molecule has 2 aromatic heterocycles. The van der Waals surface area contributed by atoms with Crippen molar-refractivity contribution in [3.05, 3.63) is 34.0 Å². The van der Waals surface area contributed by atoms with Gasteiger partial charge in [0.15, 0.2) is 0 Å². The van der Waals surface area contributed by atoms with E-state index < -0.39 is 0 Å². The molecule has 3 rings (SSSR count). The average molecular weight is 191 g/mol. The van der Waals surface area contributed by atoms with Gasteiger partial charge in [-0.05, 0) is 0 Å². The van der Waals surface area contributed by atoms with E-state index in [1.165, 1.54) is 0 Å². The Hall–Kier alpha value is -1.62. The summed E-state index contributed by atoms with van der Waals surface area (Å²) in [5, 5.41) is 4.33. The minimum absolute atomic E-state index is 0.105. The molecule has 0 aliphatic carbocycles. The maximum Gasteiger partial charge on any atom is 0.274 e. The second-order valence-electron chi connectivity index (χ2n) is 3.31. The van der Waals surface area contributed by atoms with Gasteiger partial charge in [-0.15, -0.1) is 0 Å². The van der Waals surface area contributed by atoms with Gasteiger partial charge in [0.25, 0.3) is 5.56 Å². The van der Waals surface area contributed by atoms with Gasteiger partial charge >= 0.3 is 0 Å². The van der Waals surface area contributed by atoms with E-state index in [-0.39, 0.29) is 5.56 Å². The number of rotatable bonds is 0. The zero-order valence-corrected chi connectivity index (χ0v) is 7.49. The second kappa shape index (κ2) is 2.68. The molecule has 0 unspecified atom stereocenters. The molecule has 5 heteroatoms. The molecule has 0 atom stereocenters. The summed E-state index contributed by atoms with van der Waals surface area (Å²) in [7, 11) is 0. The number of aromatic nitrogens is 3. The van der Waals surface area contributed by atoms with Gasteiger partial charge in [0, 0.05) is 24.4 Å². The van der Waals surface area contributed by atoms with Gasteiger partial charge in [-0.1, -0.05) is 0 Å². The van der Waals surface area contributed by atoms with Crippen LogP contribution in [0.2, 0.25) is 0 Å². The Morgan fingerprint density at radius 3 is 3.43 bits per heavy atom. The lowest BCUT2D eigenvalue weighted by atomic mass is 10.1. The lowest BCUT2D eigenvalue weighted by molar-refractivity contribution is 0.111. The summed E-state index contributed by atoms with van der Waals surface area (Å²) in [5.74, 6) is 0. The fraction of sp³-hybridized carbons (Fsp3) is 0.333. The number of hydrogen-bond acceptors (Lipinski definition) is 3. The molecular weight excluding hydrogens is 182 g/mol. The quantitative estimate of drug-likeness (QED) is 0.642. The van der Waals surface area contributed by atoms with Crippen LogP contribution >= 0.6 is 0 Å². The Balaban J connectivity index is 2.44. The average Bonchev–Trinajstić information content (AvgIpc) is 2.57. The summed E-state index contributed by atoms with van der Waals surface area (Å²) in [5.41, 5.74) is 2.42. The molecular formula is C9H9N3O2. The lowest BCUT2D eigenvalue weighted by Crippen LogP contribution is -2.12. The van der Waals surface area contributed by atoms with Crippen LogP contribution in [0.1, 0.15) is 11.3 Å². The maximum atomic E-state index is 11.5. The first kappa shape index (κ1) is 7.75. The SMILES string of the molecule is O=c1[nH]ccn2nc3c(c12)COCC3. The van der Waals surface area contributed by atoms with Crippen molar-refractivity contribution in [1.82, 2.24) is 14.6 Å². The van der Waals surface area contributed by atoms with E-state index in [2.05, 4.69) is 10.1 Å². The van der Waals surface area contributed by atoms with Crippen molar-refractivity contribution >= 4 is 5.52 Å². The molecule has 0 fully saturated rings. The van der Waals surface area contributed by atoms with E-state index in [0.717, 1.165) is 17.7 Å². The molecule has 72 valence electrons. The van der Waals surface area contributed by atoms with E-state index in [4.69, 9.17) is 4.74 Å². The zero-order chi connectivity index (χ0) is 9.54. The molecule has 0 radical (unpaired) electrons. The standard InChI is InChI=1S/C9H9N3O2/c13-9-8-6-5-14-4-1-7(6)11-12(8)3-2-10-9/h2-3H,1,4-5H2,(H,10,13). The number of aromatic amines is 1. The zero-order valence-electron chi connectivity index (χ0n) is 7.49. The highest BCUT2D eigenvalue weighted by molar-refractivity contribution is 5.54. The molecule has 1 aliphatic rings. The van der Waals surface area contributed by atoms with Gasteiger partial charge in [0.1, 0.15) is 5.52 Å². The van der Waals surface area contributed by atoms with Crippen LogP contribution in [-0.2, 0) is 17.8 Å². The van der Waals surface area contributed by atoms with Crippen LogP contribution in [-0.4, -0.2) is 21.2 Å². The third-order valence-corrected chi connectivity index (χ3v) is 2.47. The van der Waals surface area contributed by atoms with Crippen molar-refractivity contribution in [2.45, 2.75) is 13.0 Å². The van der Waals surface area contributed by atoms with Gasteiger partial charge in [-0.2, -0.15) is 5.10 Å². The van der Waals surface area contributed by atoms with E-state index in [0.29, 0.717) is 18.7 Å². The molecule has 1 N–H and O–H groups in total. The van der Waals surface area contributed by atoms with Gasteiger partial charge in [-0.3, -0.25) is 4.79 Å². The van der Waals surface area contributed by atoms with E-state index in [1.54, 1.807) is 16.9 Å². The van der Waals surface area contributed by atoms with E-state index >= 15 is 0 Å². The minimum Gasteiger partial charge on any atom is -0.376 e. The maximum absolute atomic E-state index is 11.5. The third kappa shape index (κ3) is 0.927. The first-order chi connectivity index (χ1) is 6.86. The molecule has 0 aromatic carbocycles. The van der Waals surface area contributed by atoms with Crippen LogP contribution in [0.5, 0.6) is 0 Å². The predicted molar refractivity (Wildman–Crippen MR) is 49.2 cm³/mol. The number of hydrogen-bond donors (Lipinski definition) is 1. The van der Waals surface area contributed by atoms with Crippen molar-refractivity contribution in [3.8, 4) is 0 Å². The van der Waals surface area contributed by atoms with E-state index in [9.17, 15) is 4.79 Å². The Morgan fingerprint density at radius 2 is 2.50 bits per heavy atom. The third-order valence-electron chi connectivity index (χ3n) is 2.47. The summed E-state index contributed by atoms with van der Waals surface area (Å²) in [4.78, 5) is 14.2. The van der Waals surface area contributed by atoms with E-state index in [1.807, 2.05) is 0 Å². The minimum atomic E-state index is -0.105. The van der Waals surface area contributed by atoms with Gasteiger partial charge < -0.3 is 9.72 Å². The Bertz CT molecular complexity index is 540. The molecule has 0 spiro atoms. The molecule has 0 amide bonds. The number of ether oxygens (including phenoxy) is 1. The molecule has 2 aromatic rings. The van der Waals surface area contributed by atoms with Crippen LogP contribution in [0.3, 0.4) is 0 Å². The molecule has 5 nitrogen and oxygen atoms in total. The number of H-pyrrole nitrogens is 1. The van der Waals surface area contributed by atoms with Crippen molar-refractivity contribution < 1.29 is 4.74 Å². The highest BCUT2D eigenvalue weighted by atomic mass is 16.5. The largest absolute Gasteiger partial charge is 0.376 e. The molecule has 0 bridgehead atoms. The highest BCUT2D eigenvalue weighted by Gasteiger charge is 2.18. The van der Waals surface area contributed by atoms with Crippen LogP contribution in [0.4, 0.5) is 0 Å². The van der Waals surface area contributed by atoms with Crippen molar-refractivity contribution in [3.63, 3.8) is 0 Å². The van der Waals surface area contributed by atoms with Crippen LogP contribution in [0.15, 0.2) is 17.2 Å². The van der Waals surface area contributed by atoms with Gasteiger partial charge in [0.05, 0.1) is 18.9 Å². The summed E-state index contributed by atoms with van der Waals surface area (Å²) in [6, 6.07) is 0. The predicted octanol–water partition coefficient (Wildman–Crippen LogP) is 0.0953. The second-order valence-corrected chi connectivity index (χ2v) is 3.31. The first-order valence-corrected chi connectivity index (χ1v) is 4.52. The fourth-order valence-corrected chi connectivity index (χ4v) is 1.81. The number of nitrogens with one attached hydrogen (secondary N) is 1. The van der Waals surface area contributed by atoms with Crippen LogP contribution in [0, 0.1) is 0 Å². The van der Waals surface area contributed by atoms with Crippen LogP contribution < -0.4 is 5.56 Å². The smallest absolute Gasteiger partial charge is 0.274 e. The fourth-order valence-electron chi connectivity index (χ4n) is 1.81. The summed E-state index contributed by atoms with van der Waals surface area (Å²) in [6.45, 7) is 1.18. The lowest BCUT2D eigenvalue weighted by Gasteiger charge is -2.09. The Labute approximate surface area is 79.3 Å². The normalized spacial score (nSPS) is 15.7. The summed E-state index contributed by atoms with van der Waals surface area (Å²) >= 11 is 0. The Kier molecular flexibility index (Phi) is 1.49. The van der Waals surface area contributed by atoms with Crippen molar-refractivity contribution in [1.29, 1.82) is 0 Å². The van der Waals surface area contributed by atoms with Crippen LogP contribution in [0.25, 0.3) is 5.52 Å². The first-order valence-electron chi connectivity index (χ1n) is 4.52. The number of fused-ring (bicyclic) bond motifs is 3. The van der Waals surface area contributed by atoms with Gasteiger partial charge in [0.2, 0.25) is 0 Å². The summed E-state index contributed by atoms with van der Waals surface area (Å²) in [6.07, 6.45) is 4.13. The molecule has 1 aliphatic heterocycles. The highest BCUT2D eigenvalue weighted by Crippen LogP contribution is 2.18. The topological polar surface area (TPSA) is 59.4 Å².